The second-order valence-corrected chi connectivity index (χ2v) is 6.92. The predicted octanol–water partition coefficient (Wildman–Crippen LogP) is 5.56. The van der Waals surface area contributed by atoms with Crippen molar-refractivity contribution < 1.29 is 32.2 Å². The maximum Gasteiger partial charge on any atom is 0.573 e. The van der Waals surface area contributed by atoms with E-state index in [1.807, 2.05) is 0 Å². The molecule has 150 valence electrons. The smallest absolute Gasteiger partial charge is 0.435 e. The molecule has 0 amide bonds. The van der Waals surface area contributed by atoms with E-state index in [4.69, 9.17) is 9.47 Å². The van der Waals surface area contributed by atoms with Crippen molar-refractivity contribution in [2.75, 3.05) is 11.9 Å². The molecule has 0 bridgehead atoms. The Balaban J connectivity index is 1.89. The zero-order chi connectivity index (χ0) is 19.4. The van der Waals surface area contributed by atoms with Crippen LogP contribution in [0.1, 0.15) is 56.9 Å². The number of halogens is 3. The van der Waals surface area contributed by atoms with E-state index in [2.05, 4.69) is 10.1 Å². The number of fused-ring (bicyclic) bond motifs is 3. The molecule has 1 aliphatic carbocycles. The zero-order valence-electron chi connectivity index (χ0n) is 15.2. The van der Waals surface area contributed by atoms with Crippen molar-refractivity contribution in [3.63, 3.8) is 0 Å². The lowest BCUT2D eigenvalue weighted by atomic mass is 9.74. The Labute approximate surface area is 156 Å². The Hall–Kier alpha value is -2.12. The fourth-order valence-corrected chi connectivity index (χ4v) is 4.07. The second-order valence-electron chi connectivity index (χ2n) is 6.92. The summed E-state index contributed by atoms with van der Waals surface area (Å²) in [4.78, 5) is 11.8. The fraction of sp³-hybridized carbons (Fsp3) is 0.632. The van der Waals surface area contributed by atoms with Gasteiger partial charge in [-0.05, 0) is 49.4 Å². The number of hydrogen-bond acceptors (Lipinski definition) is 5. The van der Waals surface area contributed by atoms with Crippen molar-refractivity contribution >= 4 is 11.8 Å². The number of ether oxygens (including phenoxy) is 3. The molecule has 3 unspecified atom stereocenters. The van der Waals surface area contributed by atoms with Gasteiger partial charge in [0, 0.05) is 11.6 Å². The first kappa shape index (κ1) is 19.6. The van der Waals surface area contributed by atoms with Gasteiger partial charge in [0.25, 0.3) is 0 Å². The molecule has 3 rings (SSSR count). The maximum atomic E-state index is 12.6. The van der Waals surface area contributed by atoms with Crippen LogP contribution in [0.4, 0.5) is 23.7 Å². The standard InChI is InChI=1S/C19H24F3NO4/c1-2-25-18(24)26-17-14-8-6-4-3-5-7-13(14)15-11-12(27-19(20,21)22)9-10-16(15)23-17/h9-11,13-14,17,23H,2-8H2,1H3. The molecule has 8 heteroatoms. The lowest BCUT2D eigenvalue weighted by Gasteiger charge is -2.41. The molecule has 3 atom stereocenters. The molecule has 27 heavy (non-hydrogen) atoms. The van der Waals surface area contributed by atoms with E-state index < -0.39 is 18.7 Å². The SMILES string of the molecule is CCOC(=O)OC1Nc2ccc(OC(F)(F)F)cc2C2CCCCCCC12. The molecule has 0 saturated heterocycles. The molecule has 5 nitrogen and oxygen atoms in total. The number of alkyl halides is 3. The second kappa shape index (κ2) is 8.27. The summed E-state index contributed by atoms with van der Waals surface area (Å²) >= 11 is 0. The zero-order valence-corrected chi connectivity index (χ0v) is 15.2. The number of hydrogen-bond donors (Lipinski definition) is 1. The summed E-state index contributed by atoms with van der Waals surface area (Å²) in [6.07, 6.45) is -0.218. The highest BCUT2D eigenvalue weighted by molar-refractivity contribution is 5.63. The molecule has 1 saturated carbocycles. The van der Waals surface area contributed by atoms with Gasteiger partial charge < -0.3 is 19.5 Å². The third-order valence-electron chi connectivity index (χ3n) is 5.15. The van der Waals surface area contributed by atoms with Gasteiger partial charge in [0.15, 0.2) is 6.23 Å². The third kappa shape index (κ3) is 4.99. The summed E-state index contributed by atoms with van der Waals surface area (Å²) in [7, 11) is 0. The minimum atomic E-state index is -4.73. The highest BCUT2D eigenvalue weighted by Crippen LogP contribution is 2.46. The van der Waals surface area contributed by atoms with E-state index in [1.54, 1.807) is 13.0 Å². The lowest BCUT2D eigenvalue weighted by molar-refractivity contribution is -0.274. The van der Waals surface area contributed by atoms with Crippen LogP contribution in [0, 0.1) is 5.92 Å². The molecule has 0 radical (unpaired) electrons. The number of rotatable bonds is 3. The predicted molar refractivity (Wildman–Crippen MR) is 92.6 cm³/mol. The van der Waals surface area contributed by atoms with Crippen molar-refractivity contribution in [3.05, 3.63) is 23.8 Å². The van der Waals surface area contributed by atoms with Crippen LogP contribution < -0.4 is 10.1 Å². The monoisotopic (exact) mass is 387 g/mol. The van der Waals surface area contributed by atoms with Crippen LogP contribution >= 0.6 is 0 Å². The summed E-state index contributed by atoms with van der Waals surface area (Å²) in [5.41, 5.74) is 1.45. The van der Waals surface area contributed by atoms with Crippen molar-refractivity contribution in [3.8, 4) is 5.75 Å². The topological polar surface area (TPSA) is 56.8 Å². The molecule has 1 fully saturated rings. The average Bonchev–Trinajstić information content (AvgIpc) is 2.54. The Morgan fingerprint density at radius 3 is 2.63 bits per heavy atom. The van der Waals surface area contributed by atoms with Gasteiger partial charge in [-0.1, -0.05) is 25.7 Å². The van der Waals surface area contributed by atoms with Gasteiger partial charge in [-0.3, -0.25) is 0 Å². The molecule has 1 aliphatic heterocycles. The van der Waals surface area contributed by atoms with Crippen LogP contribution in [0.2, 0.25) is 0 Å². The first-order chi connectivity index (χ1) is 12.9. The van der Waals surface area contributed by atoms with E-state index in [1.165, 1.54) is 12.1 Å². The van der Waals surface area contributed by atoms with Gasteiger partial charge >= 0.3 is 12.5 Å². The van der Waals surface area contributed by atoms with Crippen LogP contribution in [0.3, 0.4) is 0 Å². The van der Waals surface area contributed by atoms with Crippen LogP contribution in [-0.4, -0.2) is 25.4 Å². The van der Waals surface area contributed by atoms with Crippen LogP contribution in [0.15, 0.2) is 18.2 Å². The van der Waals surface area contributed by atoms with Gasteiger partial charge in [-0.2, -0.15) is 0 Å². The molecule has 2 aliphatic rings. The van der Waals surface area contributed by atoms with Gasteiger partial charge in [-0.15, -0.1) is 13.2 Å². The summed E-state index contributed by atoms with van der Waals surface area (Å²) in [6.45, 7) is 1.92. The average molecular weight is 387 g/mol. The van der Waals surface area contributed by atoms with Gasteiger partial charge in [0.05, 0.1) is 6.61 Å². The number of benzene rings is 1. The Morgan fingerprint density at radius 1 is 1.19 bits per heavy atom. The van der Waals surface area contributed by atoms with E-state index >= 15 is 0 Å². The van der Waals surface area contributed by atoms with E-state index in [-0.39, 0.29) is 24.2 Å². The number of carbonyl (C=O) groups excluding carboxylic acids is 1. The molecule has 1 heterocycles. The van der Waals surface area contributed by atoms with Crippen molar-refractivity contribution in [1.82, 2.24) is 0 Å². The summed E-state index contributed by atoms with van der Waals surface area (Å²) < 4.78 is 52.3. The molecule has 1 N–H and O–H groups in total. The Morgan fingerprint density at radius 2 is 1.93 bits per heavy atom. The Kier molecular flexibility index (Phi) is 6.01. The van der Waals surface area contributed by atoms with Crippen LogP contribution in [0.5, 0.6) is 5.75 Å². The third-order valence-corrected chi connectivity index (χ3v) is 5.15. The first-order valence-electron chi connectivity index (χ1n) is 9.37. The highest BCUT2D eigenvalue weighted by Gasteiger charge is 2.40. The first-order valence-corrected chi connectivity index (χ1v) is 9.37. The van der Waals surface area contributed by atoms with E-state index in [0.717, 1.165) is 44.1 Å². The quantitative estimate of drug-likeness (QED) is 0.688. The largest absolute Gasteiger partial charge is 0.573 e. The summed E-state index contributed by atoms with van der Waals surface area (Å²) in [5.74, 6) is -0.255. The molecule has 0 spiro atoms. The maximum absolute atomic E-state index is 12.6. The van der Waals surface area contributed by atoms with Crippen molar-refractivity contribution in [2.45, 2.75) is 64.0 Å². The molecule has 1 aromatic carbocycles. The van der Waals surface area contributed by atoms with Crippen molar-refractivity contribution in [2.24, 2.45) is 5.92 Å². The molecule has 1 aromatic rings. The van der Waals surface area contributed by atoms with E-state index in [9.17, 15) is 18.0 Å². The minimum Gasteiger partial charge on any atom is -0.435 e. The van der Waals surface area contributed by atoms with Crippen molar-refractivity contribution in [1.29, 1.82) is 0 Å². The van der Waals surface area contributed by atoms with Crippen LogP contribution in [-0.2, 0) is 9.47 Å². The van der Waals surface area contributed by atoms with Gasteiger partial charge in [0.1, 0.15) is 5.75 Å². The minimum absolute atomic E-state index is 0.00207. The van der Waals surface area contributed by atoms with Crippen LogP contribution in [0.25, 0.3) is 0 Å². The fourth-order valence-electron chi connectivity index (χ4n) is 4.07. The van der Waals surface area contributed by atoms with Gasteiger partial charge in [-0.25, -0.2) is 4.79 Å². The van der Waals surface area contributed by atoms with Gasteiger partial charge in [0.2, 0.25) is 0 Å². The number of carbonyl (C=O) groups is 1. The normalized spacial score (nSPS) is 25.1. The molecular weight excluding hydrogens is 363 g/mol. The number of anilines is 1. The number of nitrogens with one attached hydrogen (secondary N) is 1. The van der Waals surface area contributed by atoms with E-state index in [0.29, 0.717) is 5.69 Å². The highest BCUT2D eigenvalue weighted by atomic mass is 19.4. The summed E-state index contributed by atoms with van der Waals surface area (Å²) in [6, 6.07) is 4.27. The Bertz CT molecular complexity index is 665. The molecular formula is C19H24F3NO4. The summed E-state index contributed by atoms with van der Waals surface area (Å²) in [5, 5.41) is 3.16. The lowest BCUT2D eigenvalue weighted by Crippen LogP contribution is -2.41. The molecule has 0 aromatic heterocycles.